The second-order valence-electron chi connectivity index (χ2n) is 5.92. The third-order valence-electron chi connectivity index (χ3n) is 4.82. The number of aliphatic hydroxyl groups excluding tert-OH is 1. The minimum absolute atomic E-state index is 0.382. The predicted octanol–water partition coefficient (Wildman–Crippen LogP) is 2.59. The van der Waals surface area contributed by atoms with Gasteiger partial charge in [0.25, 0.3) is 0 Å². The molecule has 0 aromatic heterocycles. The van der Waals surface area contributed by atoms with Gasteiger partial charge in [-0.25, -0.2) is 0 Å². The highest BCUT2D eigenvalue weighted by Gasteiger charge is 2.47. The normalized spacial score (nSPS) is 53.8. The van der Waals surface area contributed by atoms with Crippen molar-refractivity contribution in [3.05, 3.63) is 0 Å². The molecule has 4 bridgehead atoms. The van der Waals surface area contributed by atoms with Crippen molar-refractivity contribution in [1.29, 1.82) is 0 Å². The molecule has 0 heterocycles. The van der Waals surface area contributed by atoms with Crippen LogP contribution in [-0.2, 0) is 0 Å². The van der Waals surface area contributed by atoms with E-state index in [-0.39, 0.29) is 0 Å². The van der Waals surface area contributed by atoms with Gasteiger partial charge in [0.1, 0.15) is 0 Å². The summed E-state index contributed by atoms with van der Waals surface area (Å²) in [6.45, 7) is 0.469. The van der Waals surface area contributed by atoms with Gasteiger partial charge >= 0.3 is 0 Å². The molecule has 2 atom stereocenters. The van der Waals surface area contributed by atoms with E-state index in [0.29, 0.717) is 12.0 Å². The van der Waals surface area contributed by atoms with Crippen molar-refractivity contribution in [1.82, 2.24) is 0 Å². The molecule has 0 aliphatic heterocycles. The van der Waals surface area contributed by atoms with Gasteiger partial charge in [-0.3, -0.25) is 0 Å². The molecule has 0 aromatic rings. The first-order chi connectivity index (χ1) is 6.30. The maximum atomic E-state index is 9.56. The molecule has 0 radical (unpaired) electrons. The lowest BCUT2D eigenvalue weighted by atomic mass is 9.59. The van der Waals surface area contributed by atoms with Crippen LogP contribution in [0.25, 0.3) is 0 Å². The lowest BCUT2D eigenvalue weighted by molar-refractivity contribution is -0.0118. The molecule has 1 nitrogen and oxygen atoms in total. The summed E-state index contributed by atoms with van der Waals surface area (Å²) in [5.41, 5.74) is 0.382. The molecule has 0 amide bonds. The SMILES string of the molecule is OCC12CC3C[C@@H](CC[C@H](C3)C1)C2. The summed E-state index contributed by atoms with van der Waals surface area (Å²) in [5.74, 6) is 2.92. The van der Waals surface area contributed by atoms with Crippen molar-refractivity contribution in [3.63, 3.8) is 0 Å². The monoisotopic (exact) mass is 180 g/mol. The van der Waals surface area contributed by atoms with Crippen LogP contribution in [0.2, 0.25) is 0 Å². The molecule has 13 heavy (non-hydrogen) atoms. The maximum absolute atomic E-state index is 9.56. The van der Waals surface area contributed by atoms with Gasteiger partial charge in [0.05, 0.1) is 0 Å². The third kappa shape index (κ3) is 1.24. The number of rotatable bonds is 1. The van der Waals surface area contributed by atoms with Gasteiger partial charge in [0.2, 0.25) is 0 Å². The fourth-order valence-electron chi connectivity index (χ4n) is 4.56. The molecule has 0 unspecified atom stereocenters. The Balaban J connectivity index is 1.92. The van der Waals surface area contributed by atoms with Gasteiger partial charge in [-0.15, -0.1) is 0 Å². The Morgan fingerprint density at radius 1 is 0.923 bits per heavy atom. The number of fused-ring (bicyclic) bond motifs is 1. The molecule has 1 heteroatoms. The van der Waals surface area contributed by atoms with Crippen LogP contribution in [0.4, 0.5) is 0 Å². The molecular formula is C12H20O. The minimum atomic E-state index is 0.382. The highest BCUT2D eigenvalue weighted by molar-refractivity contribution is 4.98. The van der Waals surface area contributed by atoms with Crippen LogP contribution in [0, 0.1) is 23.2 Å². The fourth-order valence-corrected chi connectivity index (χ4v) is 4.56. The predicted molar refractivity (Wildman–Crippen MR) is 52.3 cm³/mol. The van der Waals surface area contributed by atoms with E-state index in [1.165, 1.54) is 44.9 Å². The van der Waals surface area contributed by atoms with E-state index in [9.17, 15) is 5.11 Å². The molecule has 0 saturated heterocycles. The van der Waals surface area contributed by atoms with E-state index < -0.39 is 0 Å². The van der Waals surface area contributed by atoms with E-state index >= 15 is 0 Å². The van der Waals surface area contributed by atoms with Crippen molar-refractivity contribution in [2.24, 2.45) is 23.2 Å². The molecule has 4 saturated carbocycles. The van der Waals surface area contributed by atoms with Crippen molar-refractivity contribution < 1.29 is 5.11 Å². The first-order valence-electron chi connectivity index (χ1n) is 5.90. The third-order valence-corrected chi connectivity index (χ3v) is 4.82. The Morgan fingerprint density at radius 2 is 1.46 bits per heavy atom. The zero-order valence-corrected chi connectivity index (χ0v) is 8.34. The Bertz CT molecular complexity index is 195. The first-order valence-corrected chi connectivity index (χ1v) is 5.90. The topological polar surface area (TPSA) is 20.2 Å². The van der Waals surface area contributed by atoms with Crippen LogP contribution < -0.4 is 0 Å². The summed E-state index contributed by atoms with van der Waals surface area (Å²) >= 11 is 0. The molecule has 74 valence electrons. The molecule has 1 N–H and O–H groups in total. The average Bonchev–Trinajstić information content (AvgIpc) is 2.33. The van der Waals surface area contributed by atoms with Gasteiger partial charge < -0.3 is 5.11 Å². The van der Waals surface area contributed by atoms with Crippen LogP contribution in [-0.4, -0.2) is 11.7 Å². The number of aliphatic hydroxyl groups is 1. The molecular weight excluding hydrogens is 160 g/mol. The fraction of sp³-hybridized carbons (Fsp3) is 1.00. The van der Waals surface area contributed by atoms with E-state index in [1.807, 2.05) is 0 Å². The van der Waals surface area contributed by atoms with Gasteiger partial charge in [-0.1, -0.05) is 12.8 Å². The average molecular weight is 180 g/mol. The molecule has 4 aliphatic carbocycles. The van der Waals surface area contributed by atoms with Crippen LogP contribution in [0.5, 0.6) is 0 Å². The zero-order chi connectivity index (χ0) is 8.89. The van der Waals surface area contributed by atoms with Crippen LogP contribution in [0.1, 0.15) is 44.9 Å². The second kappa shape index (κ2) is 2.73. The highest BCUT2D eigenvalue weighted by Crippen LogP contribution is 2.57. The Kier molecular flexibility index (Phi) is 1.74. The Hall–Kier alpha value is -0.0400. The van der Waals surface area contributed by atoms with E-state index in [0.717, 1.165) is 17.8 Å². The van der Waals surface area contributed by atoms with Gasteiger partial charge in [-0.05, 0) is 55.3 Å². The van der Waals surface area contributed by atoms with Crippen LogP contribution >= 0.6 is 0 Å². The molecule has 0 aromatic carbocycles. The van der Waals surface area contributed by atoms with Crippen LogP contribution in [0.3, 0.4) is 0 Å². The summed E-state index contributed by atoms with van der Waals surface area (Å²) < 4.78 is 0. The number of hydrogen-bond acceptors (Lipinski definition) is 1. The summed E-state index contributed by atoms with van der Waals surface area (Å²) in [6, 6.07) is 0. The quantitative estimate of drug-likeness (QED) is 0.657. The molecule has 4 aliphatic rings. The lowest BCUT2D eigenvalue weighted by Crippen LogP contribution is -2.40. The summed E-state index contributed by atoms with van der Waals surface area (Å²) in [6.07, 6.45) is 9.92. The van der Waals surface area contributed by atoms with Crippen molar-refractivity contribution in [3.8, 4) is 0 Å². The second-order valence-corrected chi connectivity index (χ2v) is 5.92. The number of hydrogen-bond donors (Lipinski definition) is 1. The minimum Gasteiger partial charge on any atom is -0.396 e. The Morgan fingerprint density at radius 3 is 2.00 bits per heavy atom. The summed E-state index contributed by atoms with van der Waals surface area (Å²) in [7, 11) is 0. The molecule has 0 spiro atoms. The summed E-state index contributed by atoms with van der Waals surface area (Å²) in [4.78, 5) is 0. The van der Waals surface area contributed by atoms with E-state index in [1.54, 1.807) is 0 Å². The van der Waals surface area contributed by atoms with Gasteiger partial charge in [0, 0.05) is 6.61 Å². The van der Waals surface area contributed by atoms with Crippen LogP contribution in [0.15, 0.2) is 0 Å². The zero-order valence-electron chi connectivity index (χ0n) is 8.34. The molecule has 4 fully saturated rings. The maximum Gasteiger partial charge on any atom is 0.0487 e. The largest absolute Gasteiger partial charge is 0.396 e. The van der Waals surface area contributed by atoms with Crippen molar-refractivity contribution in [2.75, 3.05) is 6.61 Å². The van der Waals surface area contributed by atoms with Crippen molar-refractivity contribution in [2.45, 2.75) is 44.9 Å². The lowest BCUT2D eigenvalue weighted by Gasteiger charge is -2.47. The molecule has 4 rings (SSSR count). The highest BCUT2D eigenvalue weighted by atomic mass is 16.3. The standard InChI is InChI=1S/C12H20O/c13-8-12-5-9-1-2-10(6-12)4-11(3-9)7-12/h9-11,13H,1-8H2/t9-,10-,11?,12?/m1/s1. The smallest absolute Gasteiger partial charge is 0.0487 e. The van der Waals surface area contributed by atoms with E-state index in [4.69, 9.17) is 0 Å². The van der Waals surface area contributed by atoms with Gasteiger partial charge in [0.15, 0.2) is 0 Å². The van der Waals surface area contributed by atoms with Crippen molar-refractivity contribution >= 4 is 0 Å². The van der Waals surface area contributed by atoms with E-state index in [2.05, 4.69) is 0 Å². The van der Waals surface area contributed by atoms with Gasteiger partial charge in [-0.2, -0.15) is 0 Å². The Labute approximate surface area is 80.5 Å². The first kappa shape index (κ1) is 8.28. The summed E-state index contributed by atoms with van der Waals surface area (Å²) in [5, 5.41) is 9.56.